The van der Waals surface area contributed by atoms with Gasteiger partial charge in [-0.1, -0.05) is 66.8 Å². The molecule has 1 heteroatoms. The maximum atomic E-state index is 5.02. The lowest BCUT2D eigenvalue weighted by molar-refractivity contribution is 0.415. The highest BCUT2D eigenvalue weighted by molar-refractivity contribution is 5.50. The molecule has 0 spiro atoms. The van der Waals surface area contributed by atoms with Crippen LogP contribution in [-0.2, 0) is 0 Å². The van der Waals surface area contributed by atoms with Gasteiger partial charge in [0.05, 0.1) is 7.11 Å². The molecule has 0 saturated heterocycles. The van der Waals surface area contributed by atoms with Gasteiger partial charge < -0.3 is 4.74 Å². The van der Waals surface area contributed by atoms with Gasteiger partial charge in [-0.2, -0.15) is 0 Å². The lowest BCUT2D eigenvalue weighted by Gasteiger charge is -1.98. The summed E-state index contributed by atoms with van der Waals surface area (Å²) < 4.78 is 5.02. The van der Waals surface area contributed by atoms with Gasteiger partial charge in [0.15, 0.2) is 0 Å². The summed E-state index contributed by atoms with van der Waals surface area (Å²) in [5, 5.41) is 0. The number of hydrogen-bond acceptors (Lipinski definition) is 1. The first kappa shape index (κ1) is 15.8. The molecule has 0 atom stereocenters. The Bertz CT molecular complexity index is 521. The van der Waals surface area contributed by atoms with Crippen LogP contribution >= 0.6 is 0 Å². The Labute approximate surface area is 122 Å². The van der Waals surface area contributed by atoms with Gasteiger partial charge in [0.25, 0.3) is 0 Å². The molecule has 0 bridgehead atoms. The van der Waals surface area contributed by atoms with Crippen LogP contribution in [-0.4, -0.2) is 7.11 Å². The summed E-state index contributed by atoms with van der Waals surface area (Å²) >= 11 is 0. The van der Waals surface area contributed by atoms with Gasteiger partial charge in [-0.25, -0.2) is 0 Å². The van der Waals surface area contributed by atoms with Crippen LogP contribution in [0.3, 0.4) is 0 Å². The van der Waals surface area contributed by atoms with Crippen molar-refractivity contribution in [1.29, 1.82) is 0 Å². The normalized spacial score (nSPS) is 10.3. The van der Waals surface area contributed by atoms with E-state index in [1.807, 2.05) is 68.5 Å². The van der Waals surface area contributed by atoms with Gasteiger partial charge in [-0.3, -0.25) is 0 Å². The molecule has 104 valence electrons. The molecule has 0 radical (unpaired) electrons. The van der Waals surface area contributed by atoms with Crippen molar-refractivity contribution in [2.45, 2.75) is 13.8 Å². The molecular weight excluding hydrogens is 244 g/mol. The van der Waals surface area contributed by atoms with Crippen LogP contribution in [0.5, 0.6) is 5.75 Å². The topological polar surface area (TPSA) is 9.23 Å². The van der Waals surface area contributed by atoms with Crippen molar-refractivity contribution in [3.8, 4) is 5.75 Å². The van der Waals surface area contributed by atoms with E-state index in [1.54, 1.807) is 7.11 Å². The third-order valence-corrected chi connectivity index (χ3v) is 2.63. The third kappa shape index (κ3) is 6.05. The molecule has 2 aromatic carbocycles. The molecule has 2 aromatic rings. The summed E-state index contributed by atoms with van der Waals surface area (Å²) in [5.74, 6) is 0.901. The molecule has 0 heterocycles. The van der Waals surface area contributed by atoms with Crippen LogP contribution in [0, 0.1) is 0 Å². The minimum absolute atomic E-state index is 0.901. The van der Waals surface area contributed by atoms with Crippen molar-refractivity contribution in [3.63, 3.8) is 0 Å². The highest BCUT2D eigenvalue weighted by Gasteiger charge is 1.88. The minimum Gasteiger partial charge on any atom is -0.497 e. The van der Waals surface area contributed by atoms with Crippen LogP contribution in [0.15, 0.2) is 66.7 Å². The van der Waals surface area contributed by atoms with E-state index in [1.165, 1.54) is 11.1 Å². The zero-order valence-corrected chi connectivity index (χ0v) is 12.4. The van der Waals surface area contributed by atoms with E-state index >= 15 is 0 Å². The van der Waals surface area contributed by atoms with Crippen LogP contribution in [0.4, 0.5) is 0 Å². The van der Waals surface area contributed by atoms with E-state index in [2.05, 4.69) is 24.3 Å². The van der Waals surface area contributed by atoms with Crippen molar-refractivity contribution < 1.29 is 4.74 Å². The molecule has 0 aromatic heterocycles. The molecule has 20 heavy (non-hydrogen) atoms. The molecule has 0 saturated carbocycles. The summed E-state index contributed by atoms with van der Waals surface area (Å²) in [4.78, 5) is 0. The Morgan fingerprint density at radius 3 is 1.65 bits per heavy atom. The van der Waals surface area contributed by atoms with Crippen molar-refractivity contribution >= 4 is 12.2 Å². The van der Waals surface area contributed by atoms with Gasteiger partial charge in [-0.05, 0) is 37.1 Å². The van der Waals surface area contributed by atoms with Gasteiger partial charge in [0, 0.05) is 0 Å². The Hall–Kier alpha value is -2.28. The maximum Gasteiger partial charge on any atom is 0.118 e. The highest BCUT2D eigenvalue weighted by Crippen LogP contribution is 2.11. The van der Waals surface area contributed by atoms with Crippen molar-refractivity contribution in [2.24, 2.45) is 0 Å². The van der Waals surface area contributed by atoms with Crippen LogP contribution < -0.4 is 4.74 Å². The molecule has 2 rings (SSSR count). The minimum atomic E-state index is 0.901. The van der Waals surface area contributed by atoms with Crippen molar-refractivity contribution in [2.75, 3.05) is 7.11 Å². The van der Waals surface area contributed by atoms with E-state index in [4.69, 9.17) is 4.74 Å². The molecule has 0 aliphatic rings. The zero-order valence-electron chi connectivity index (χ0n) is 12.4. The average Bonchev–Trinajstić information content (AvgIpc) is 2.50. The Morgan fingerprint density at radius 1 is 0.700 bits per heavy atom. The van der Waals surface area contributed by atoms with Crippen molar-refractivity contribution in [3.05, 3.63) is 77.9 Å². The monoisotopic (exact) mass is 266 g/mol. The number of benzene rings is 2. The van der Waals surface area contributed by atoms with Crippen molar-refractivity contribution in [1.82, 2.24) is 0 Å². The molecular formula is C19H22O. The quantitative estimate of drug-likeness (QED) is 0.718. The van der Waals surface area contributed by atoms with Gasteiger partial charge in [0.1, 0.15) is 5.75 Å². The molecule has 1 nitrogen and oxygen atoms in total. The Morgan fingerprint density at radius 2 is 1.20 bits per heavy atom. The van der Waals surface area contributed by atoms with E-state index < -0.39 is 0 Å². The number of rotatable bonds is 3. The molecule has 0 unspecified atom stereocenters. The largest absolute Gasteiger partial charge is 0.497 e. The molecule has 0 N–H and O–H groups in total. The molecule has 0 amide bonds. The maximum absolute atomic E-state index is 5.02. The van der Waals surface area contributed by atoms with E-state index in [9.17, 15) is 0 Å². The third-order valence-electron chi connectivity index (χ3n) is 2.63. The Balaban J connectivity index is 0.000000204. The van der Waals surface area contributed by atoms with Crippen LogP contribution in [0.25, 0.3) is 12.2 Å². The molecule has 0 aliphatic carbocycles. The van der Waals surface area contributed by atoms with Crippen LogP contribution in [0.2, 0.25) is 0 Å². The highest BCUT2D eigenvalue weighted by atomic mass is 16.5. The SMILES string of the molecule is CC=Cc1ccc(OC)cc1.CC=Cc1ccccc1. The fourth-order valence-corrected chi connectivity index (χ4v) is 1.66. The van der Waals surface area contributed by atoms with Gasteiger partial charge in [-0.15, -0.1) is 0 Å². The smallest absolute Gasteiger partial charge is 0.118 e. The lowest BCUT2D eigenvalue weighted by atomic mass is 10.2. The summed E-state index contributed by atoms with van der Waals surface area (Å²) in [6.45, 7) is 4.03. The van der Waals surface area contributed by atoms with E-state index in [0.717, 1.165) is 5.75 Å². The number of hydrogen-bond donors (Lipinski definition) is 0. The van der Waals surface area contributed by atoms with Crippen LogP contribution in [0.1, 0.15) is 25.0 Å². The fourth-order valence-electron chi connectivity index (χ4n) is 1.66. The van der Waals surface area contributed by atoms with E-state index in [-0.39, 0.29) is 0 Å². The second kappa shape index (κ2) is 9.62. The molecule has 0 aliphatic heterocycles. The summed E-state index contributed by atoms with van der Waals surface area (Å²) in [7, 11) is 1.67. The first-order chi connectivity index (χ1) is 9.80. The Kier molecular flexibility index (Phi) is 7.59. The van der Waals surface area contributed by atoms with Gasteiger partial charge >= 0.3 is 0 Å². The first-order valence-corrected chi connectivity index (χ1v) is 6.74. The molecule has 0 fully saturated rings. The number of methoxy groups -OCH3 is 1. The number of allylic oxidation sites excluding steroid dienone is 2. The fraction of sp³-hybridized carbons (Fsp3) is 0.158. The predicted octanol–water partition coefficient (Wildman–Crippen LogP) is 5.45. The predicted molar refractivity (Wildman–Crippen MR) is 88.9 cm³/mol. The summed E-state index contributed by atoms with van der Waals surface area (Å²) in [6.07, 6.45) is 8.19. The lowest BCUT2D eigenvalue weighted by Crippen LogP contribution is -1.80. The second-order valence-corrected chi connectivity index (χ2v) is 4.18. The standard InChI is InChI=1S/C10H12O.C9H10/c1-3-4-9-5-7-10(11-2)8-6-9;1-2-6-9-7-4-3-5-8-9/h3-8H,1-2H3;2-8H,1H3. The first-order valence-electron chi connectivity index (χ1n) is 6.74. The van der Waals surface area contributed by atoms with E-state index in [0.29, 0.717) is 0 Å². The zero-order chi connectivity index (χ0) is 14.6. The summed E-state index contributed by atoms with van der Waals surface area (Å²) in [6, 6.07) is 18.2. The van der Waals surface area contributed by atoms with Gasteiger partial charge in [0.2, 0.25) is 0 Å². The summed E-state index contributed by atoms with van der Waals surface area (Å²) in [5.41, 5.74) is 2.47. The average molecular weight is 266 g/mol. The number of ether oxygens (including phenoxy) is 1. The second-order valence-electron chi connectivity index (χ2n) is 4.18.